The van der Waals surface area contributed by atoms with Gasteiger partial charge in [0.25, 0.3) is 0 Å². The highest BCUT2D eigenvalue weighted by Gasteiger charge is 2.26. The lowest BCUT2D eigenvalue weighted by atomic mass is 10.6. The summed E-state index contributed by atoms with van der Waals surface area (Å²) in [7, 11) is 1.51. The molecule has 0 radical (unpaired) electrons. The molecule has 5 nitrogen and oxygen atoms in total. The van der Waals surface area contributed by atoms with Crippen molar-refractivity contribution in [2.24, 2.45) is 4.74 Å². The van der Waals surface area contributed by atoms with Crippen molar-refractivity contribution in [3.05, 3.63) is 0 Å². The monoisotopic (exact) mass is 302 g/mol. The van der Waals surface area contributed by atoms with E-state index in [1.165, 1.54) is 18.4 Å². The van der Waals surface area contributed by atoms with E-state index in [1.807, 2.05) is 6.92 Å². The van der Waals surface area contributed by atoms with Crippen LogP contribution >= 0.6 is 29.7 Å². The Kier molecular flexibility index (Phi) is 10.1. The Labute approximate surface area is 112 Å². The topological polar surface area (TPSA) is 59.9 Å². The fraction of sp³-hybridized carbons (Fsp3) is 0.889. The third kappa shape index (κ3) is 7.19. The number of hydrogen-bond acceptors (Lipinski definition) is 5. The highest BCUT2D eigenvalue weighted by Crippen LogP contribution is 2.63. The lowest BCUT2D eigenvalue weighted by Crippen LogP contribution is -2.18. The molecule has 0 bridgehead atoms. The van der Waals surface area contributed by atoms with Gasteiger partial charge in [-0.3, -0.25) is 0 Å². The Bertz CT molecular complexity index is 279. The number of hydrogen-bond donors (Lipinski definition) is 1. The molecule has 0 fully saturated rings. The summed E-state index contributed by atoms with van der Waals surface area (Å²) < 4.78 is 15.2. The first-order valence-electron chi connectivity index (χ1n) is 5.48. The van der Waals surface area contributed by atoms with Crippen LogP contribution in [0.15, 0.2) is 4.74 Å². The third-order valence-corrected chi connectivity index (χ3v) is 6.54. The van der Waals surface area contributed by atoms with Crippen LogP contribution in [0, 0.1) is 0 Å². The first-order valence-corrected chi connectivity index (χ1v) is 9.18. The van der Waals surface area contributed by atoms with Gasteiger partial charge in [-0.1, -0.05) is 6.92 Å². The number of rotatable bonds is 8. The van der Waals surface area contributed by atoms with E-state index in [0.29, 0.717) is 19.0 Å². The first-order chi connectivity index (χ1) is 8.14. The van der Waals surface area contributed by atoms with Crippen LogP contribution in [0.4, 0.5) is 4.79 Å². The number of carbonyl (C=O) groups excluding carboxylic acids is 1. The average Bonchev–Trinajstić information content (AvgIpc) is 2.34. The minimum atomic E-state index is -2.56. The van der Waals surface area contributed by atoms with Crippen LogP contribution in [0.2, 0.25) is 0 Å². The molecule has 1 atom stereocenters. The van der Waals surface area contributed by atoms with Crippen LogP contribution in [-0.4, -0.2) is 37.9 Å². The van der Waals surface area contributed by atoms with Crippen molar-refractivity contribution in [3.8, 4) is 0 Å². The second-order valence-electron chi connectivity index (χ2n) is 2.90. The van der Waals surface area contributed by atoms with E-state index in [-0.39, 0.29) is 0 Å². The van der Waals surface area contributed by atoms with E-state index >= 15 is 0 Å². The van der Waals surface area contributed by atoms with Crippen LogP contribution in [0.3, 0.4) is 0 Å². The first kappa shape index (κ1) is 17.1. The predicted molar refractivity (Wildman–Crippen MR) is 74.9 cm³/mol. The van der Waals surface area contributed by atoms with Gasteiger partial charge in [0, 0.05) is 18.7 Å². The molecule has 0 aromatic rings. The SMILES string of the molecule is CCCSP(=NCCCl)(OCC)OC(=O)NC. The Balaban J connectivity index is 4.86. The second kappa shape index (κ2) is 10.1. The van der Waals surface area contributed by atoms with Gasteiger partial charge in [0.1, 0.15) is 0 Å². The average molecular weight is 303 g/mol. The van der Waals surface area contributed by atoms with Gasteiger partial charge in [-0.2, -0.15) is 0 Å². The second-order valence-corrected chi connectivity index (χ2v) is 7.77. The molecule has 0 heterocycles. The zero-order valence-electron chi connectivity index (χ0n) is 10.4. The summed E-state index contributed by atoms with van der Waals surface area (Å²) in [5.74, 6) is 1.22. The van der Waals surface area contributed by atoms with Crippen molar-refractivity contribution in [3.63, 3.8) is 0 Å². The normalized spacial score (nSPS) is 13.9. The Morgan fingerprint density at radius 1 is 1.53 bits per heavy atom. The third-order valence-electron chi connectivity index (χ3n) is 1.51. The van der Waals surface area contributed by atoms with Gasteiger partial charge in [0.2, 0.25) is 0 Å². The van der Waals surface area contributed by atoms with Gasteiger partial charge < -0.3 is 14.4 Å². The molecular formula is C9H20ClN2O3PS. The molecule has 0 aromatic heterocycles. The molecule has 0 aliphatic heterocycles. The largest absolute Gasteiger partial charge is 0.412 e. The molecule has 0 aromatic carbocycles. The predicted octanol–water partition coefficient (Wildman–Crippen LogP) is 3.71. The van der Waals surface area contributed by atoms with E-state index < -0.39 is 12.8 Å². The summed E-state index contributed by atoms with van der Waals surface area (Å²) in [5.41, 5.74) is 0. The van der Waals surface area contributed by atoms with Crippen LogP contribution in [0.25, 0.3) is 0 Å². The maximum absolute atomic E-state index is 11.3. The van der Waals surface area contributed by atoms with E-state index in [0.717, 1.165) is 12.2 Å². The summed E-state index contributed by atoms with van der Waals surface area (Å²) in [6.45, 7) is 2.22. The minimum absolute atomic E-state index is 0.388. The van der Waals surface area contributed by atoms with Crippen molar-refractivity contribution in [2.45, 2.75) is 20.3 Å². The van der Waals surface area contributed by atoms with Crippen LogP contribution < -0.4 is 5.32 Å². The molecule has 1 amide bonds. The molecule has 0 spiro atoms. The summed E-state index contributed by atoms with van der Waals surface area (Å²) >= 11 is 7.07. The number of carbonyl (C=O) groups is 1. The van der Waals surface area contributed by atoms with Crippen LogP contribution in [0.5, 0.6) is 0 Å². The van der Waals surface area contributed by atoms with Crippen molar-refractivity contribution < 1.29 is 13.8 Å². The van der Waals surface area contributed by atoms with Crippen molar-refractivity contribution in [2.75, 3.05) is 31.8 Å². The number of nitrogens with one attached hydrogen (secondary N) is 1. The number of alkyl halides is 1. The zero-order valence-corrected chi connectivity index (χ0v) is 12.9. The number of halogens is 1. The molecule has 0 rings (SSSR count). The minimum Gasteiger partial charge on any atom is -0.382 e. The van der Waals surface area contributed by atoms with Crippen molar-refractivity contribution in [1.29, 1.82) is 0 Å². The van der Waals surface area contributed by atoms with Crippen molar-refractivity contribution >= 4 is 35.8 Å². The molecule has 102 valence electrons. The summed E-state index contributed by atoms with van der Waals surface area (Å²) in [5, 5.41) is 2.41. The molecule has 1 N–H and O–H groups in total. The Hall–Kier alpha value is 0.100. The standard InChI is InChI=1S/C9H20ClN2O3PS/c1-4-8-17-16(14-5-2,12-7-6-10)15-9(13)11-3/h4-8H2,1-3H3,(H,11,13). The molecule has 0 aliphatic rings. The van der Waals surface area contributed by atoms with E-state index in [1.54, 1.807) is 0 Å². The van der Waals surface area contributed by atoms with Gasteiger partial charge in [0.05, 0.1) is 13.2 Å². The summed E-state index contributed by atoms with van der Waals surface area (Å²) in [6.07, 6.45) is 0.446. The van der Waals surface area contributed by atoms with Gasteiger partial charge in [-0.05, 0) is 24.7 Å². The maximum atomic E-state index is 11.3. The Morgan fingerprint density at radius 2 is 2.24 bits per heavy atom. The highest BCUT2D eigenvalue weighted by molar-refractivity contribution is 8.55. The quantitative estimate of drug-likeness (QED) is 0.548. The van der Waals surface area contributed by atoms with E-state index in [2.05, 4.69) is 17.0 Å². The number of amides is 1. The van der Waals surface area contributed by atoms with Crippen molar-refractivity contribution in [1.82, 2.24) is 5.32 Å². The molecule has 1 unspecified atom stereocenters. The lowest BCUT2D eigenvalue weighted by Gasteiger charge is -2.21. The molecule has 0 saturated heterocycles. The molecule has 0 aliphatic carbocycles. The smallest absolute Gasteiger partial charge is 0.382 e. The summed E-state index contributed by atoms with van der Waals surface area (Å²) in [4.78, 5) is 11.3. The van der Waals surface area contributed by atoms with E-state index in [9.17, 15) is 4.79 Å². The maximum Gasteiger partial charge on any atom is 0.412 e. The lowest BCUT2D eigenvalue weighted by molar-refractivity contribution is 0.198. The molecular weight excluding hydrogens is 283 g/mol. The fourth-order valence-corrected chi connectivity index (χ4v) is 5.50. The summed E-state index contributed by atoms with van der Waals surface area (Å²) in [6, 6.07) is 0. The van der Waals surface area contributed by atoms with Gasteiger partial charge in [0.15, 0.2) is 0 Å². The van der Waals surface area contributed by atoms with E-state index in [4.69, 9.17) is 20.6 Å². The van der Waals surface area contributed by atoms with Gasteiger partial charge in [-0.15, -0.1) is 11.6 Å². The van der Waals surface area contributed by atoms with Gasteiger partial charge >= 0.3 is 12.8 Å². The zero-order chi connectivity index (χ0) is 13.1. The molecule has 17 heavy (non-hydrogen) atoms. The Morgan fingerprint density at radius 3 is 2.71 bits per heavy atom. The van der Waals surface area contributed by atoms with Crippen LogP contribution in [-0.2, 0) is 9.05 Å². The van der Waals surface area contributed by atoms with Crippen LogP contribution in [0.1, 0.15) is 20.3 Å². The highest BCUT2D eigenvalue weighted by atomic mass is 35.5. The molecule has 8 heteroatoms. The fourth-order valence-electron chi connectivity index (χ4n) is 0.881. The molecule has 0 saturated carbocycles. The number of nitrogens with zero attached hydrogens (tertiary/aromatic N) is 1. The van der Waals surface area contributed by atoms with Gasteiger partial charge in [-0.25, -0.2) is 9.54 Å².